The third-order valence-electron chi connectivity index (χ3n) is 3.58. The molecule has 1 saturated heterocycles. The van der Waals surface area contributed by atoms with Crippen molar-refractivity contribution in [1.82, 2.24) is 0 Å². The molecule has 0 aromatic heterocycles. The van der Waals surface area contributed by atoms with E-state index in [2.05, 4.69) is 11.8 Å². The number of piperidine rings is 1. The lowest BCUT2D eigenvalue weighted by atomic mass is 10.0. The maximum Gasteiger partial charge on any atom is 0.471 e. The number of benzene rings is 1. The lowest BCUT2D eigenvalue weighted by molar-refractivity contribution is -0.167. The number of carbonyl (C=O) groups excluding carboxylic acids is 1. The molecule has 1 heterocycles. The van der Waals surface area contributed by atoms with Crippen LogP contribution in [0.4, 0.5) is 24.5 Å². The van der Waals surface area contributed by atoms with E-state index < -0.39 is 12.1 Å². The van der Waals surface area contributed by atoms with Gasteiger partial charge in [0, 0.05) is 18.3 Å². The van der Waals surface area contributed by atoms with Crippen molar-refractivity contribution in [3.05, 3.63) is 23.2 Å². The van der Waals surface area contributed by atoms with Crippen molar-refractivity contribution in [2.24, 2.45) is 0 Å². The minimum atomic E-state index is -4.91. The van der Waals surface area contributed by atoms with E-state index in [0.29, 0.717) is 11.1 Å². The predicted molar refractivity (Wildman–Crippen MR) is 76.8 cm³/mol. The van der Waals surface area contributed by atoms with E-state index in [1.54, 1.807) is 11.4 Å². The second-order valence-corrected chi connectivity index (χ2v) is 5.56. The number of rotatable bonds is 2. The number of alkyl halides is 3. The van der Waals surface area contributed by atoms with Crippen LogP contribution in [0.5, 0.6) is 0 Å². The van der Waals surface area contributed by atoms with Crippen molar-refractivity contribution in [2.45, 2.75) is 38.4 Å². The average Bonchev–Trinajstić information content (AvgIpc) is 2.39. The van der Waals surface area contributed by atoms with Gasteiger partial charge in [-0.15, -0.1) is 0 Å². The Bertz CT molecular complexity index is 533. The first-order valence-corrected chi connectivity index (χ1v) is 7.11. The Balaban J connectivity index is 2.16. The fraction of sp³-hybridized carbons (Fsp3) is 0.500. The molecule has 116 valence electrons. The van der Waals surface area contributed by atoms with Crippen molar-refractivity contribution >= 4 is 28.9 Å². The molecule has 3 nitrogen and oxygen atoms in total. The van der Waals surface area contributed by atoms with Crippen molar-refractivity contribution in [2.75, 3.05) is 16.8 Å². The van der Waals surface area contributed by atoms with E-state index in [9.17, 15) is 18.0 Å². The molecule has 1 atom stereocenters. The fourth-order valence-corrected chi connectivity index (χ4v) is 2.76. The standard InChI is InChI=1S/C14H16ClF3N2O/c1-9-4-2-3-7-20(9)12-6-5-10(8-11(12)15)19-13(21)14(16,17)18/h5-6,8-9H,2-4,7H2,1H3,(H,19,21). The molecule has 0 spiro atoms. The zero-order valence-electron chi connectivity index (χ0n) is 11.5. The molecule has 21 heavy (non-hydrogen) atoms. The summed E-state index contributed by atoms with van der Waals surface area (Å²) >= 11 is 6.15. The number of nitrogens with one attached hydrogen (secondary N) is 1. The highest BCUT2D eigenvalue weighted by molar-refractivity contribution is 6.33. The van der Waals surface area contributed by atoms with Crippen LogP contribution in [0, 0.1) is 0 Å². The number of carbonyl (C=O) groups is 1. The molecule has 1 unspecified atom stereocenters. The first-order valence-electron chi connectivity index (χ1n) is 6.73. The monoisotopic (exact) mass is 320 g/mol. The smallest absolute Gasteiger partial charge is 0.368 e. The van der Waals surface area contributed by atoms with Crippen molar-refractivity contribution in [1.29, 1.82) is 0 Å². The zero-order chi connectivity index (χ0) is 15.6. The van der Waals surface area contributed by atoms with Crippen LogP contribution in [0.3, 0.4) is 0 Å². The van der Waals surface area contributed by atoms with Gasteiger partial charge in [0.05, 0.1) is 10.7 Å². The molecule has 1 amide bonds. The Morgan fingerprint density at radius 2 is 2.10 bits per heavy atom. The number of halogens is 4. The summed E-state index contributed by atoms with van der Waals surface area (Å²) < 4.78 is 36.6. The molecule has 0 aliphatic carbocycles. The molecule has 0 radical (unpaired) electrons. The molecule has 7 heteroatoms. The summed E-state index contributed by atoms with van der Waals surface area (Å²) in [6.45, 7) is 2.96. The van der Waals surface area contributed by atoms with Crippen molar-refractivity contribution in [3.63, 3.8) is 0 Å². The Morgan fingerprint density at radius 3 is 2.67 bits per heavy atom. The van der Waals surface area contributed by atoms with E-state index in [1.807, 2.05) is 0 Å². The highest BCUT2D eigenvalue weighted by Gasteiger charge is 2.38. The van der Waals surface area contributed by atoms with Gasteiger partial charge in [-0.2, -0.15) is 13.2 Å². The van der Waals surface area contributed by atoms with Crippen LogP contribution < -0.4 is 10.2 Å². The molecule has 0 bridgehead atoms. The van der Waals surface area contributed by atoms with Crippen LogP contribution in [0.25, 0.3) is 0 Å². The van der Waals surface area contributed by atoms with E-state index in [4.69, 9.17) is 11.6 Å². The zero-order valence-corrected chi connectivity index (χ0v) is 12.3. The summed E-state index contributed by atoms with van der Waals surface area (Å²) in [6, 6.07) is 4.77. The van der Waals surface area contributed by atoms with Crippen molar-refractivity contribution in [3.8, 4) is 0 Å². The number of nitrogens with zero attached hydrogens (tertiary/aromatic N) is 1. The van der Waals surface area contributed by atoms with Crippen LogP contribution in [0.15, 0.2) is 18.2 Å². The van der Waals surface area contributed by atoms with Crippen LogP contribution in [0.2, 0.25) is 5.02 Å². The van der Waals surface area contributed by atoms with E-state index in [0.717, 1.165) is 31.5 Å². The van der Waals surface area contributed by atoms with Gasteiger partial charge >= 0.3 is 12.1 Å². The summed E-state index contributed by atoms with van der Waals surface area (Å²) in [6.07, 6.45) is -1.63. The summed E-state index contributed by atoms with van der Waals surface area (Å²) in [7, 11) is 0. The Hall–Kier alpha value is -1.43. The lowest BCUT2D eigenvalue weighted by Crippen LogP contribution is -2.37. The van der Waals surface area contributed by atoms with Gasteiger partial charge in [-0.05, 0) is 44.4 Å². The van der Waals surface area contributed by atoms with Gasteiger partial charge in [-0.1, -0.05) is 11.6 Å². The second-order valence-electron chi connectivity index (χ2n) is 5.16. The molecule has 1 aromatic rings. The molecule has 2 rings (SSSR count). The molecule has 1 aromatic carbocycles. The lowest BCUT2D eigenvalue weighted by Gasteiger charge is -2.36. The molecule has 1 aliphatic rings. The molecule has 1 N–H and O–H groups in total. The van der Waals surface area contributed by atoms with Gasteiger partial charge in [0.2, 0.25) is 0 Å². The maximum atomic E-state index is 12.2. The molecule has 0 saturated carbocycles. The van der Waals surface area contributed by atoms with Gasteiger partial charge in [0.1, 0.15) is 0 Å². The van der Waals surface area contributed by atoms with Gasteiger partial charge in [-0.25, -0.2) is 0 Å². The molecular weight excluding hydrogens is 305 g/mol. The fourth-order valence-electron chi connectivity index (χ4n) is 2.48. The number of hydrogen-bond donors (Lipinski definition) is 1. The predicted octanol–water partition coefficient (Wildman–Crippen LogP) is 4.22. The summed E-state index contributed by atoms with van der Waals surface area (Å²) in [4.78, 5) is 13.0. The maximum absolute atomic E-state index is 12.2. The Kier molecular flexibility index (Phi) is 4.66. The van der Waals surface area contributed by atoms with Crippen LogP contribution >= 0.6 is 11.6 Å². The van der Waals surface area contributed by atoms with E-state index >= 15 is 0 Å². The molecular formula is C14H16ClF3N2O. The van der Waals surface area contributed by atoms with Crippen molar-refractivity contribution < 1.29 is 18.0 Å². The summed E-state index contributed by atoms with van der Waals surface area (Å²) in [5.74, 6) is -2.00. The summed E-state index contributed by atoms with van der Waals surface area (Å²) in [5, 5.41) is 2.13. The SMILES string of the molecule is CC1CCCCN1c1ccc(NC(=O)C(F)(F)F)cc1Cl. The minimum absolute atomic E-state index is 0.0377. The van der Waals surface area contributed by atoms with Gasteiger partial charge < -0.3 is 10.2 Å². The number of anilines is 2. The first kappa shape index (κ1) is 15.9. The van der Waals surface area contributed by atoms with Gasteiger partial charge in [0.15, 0.2) is 0 Å². The van der Waals surface area contributed by atoms with Crippen LogP contribution in [-0.4, -0.2) is 24.7 Å². The van der Waals surface area contributed by atoms with Crippen LogP contribution in [-0.2, 0) is 4.79 Å². The largest absolute Gasteiger partial charge is 0.471 e. The summed E-state index contributed by atoms with van der Waals surface area (Å²) in [5.41, 5.74) is 0.824. The first-order chi connectivity index (χ1) is 9.79. The number of hydrogen-bond acceptors (Lipinski definition) is 2. The third-order valence-corrected chi connectivity index (χ3v) is 3.88. The normalized spacial score (nSPS) is 19.5. The second kappa shape index (κ2) is 6.13. The average molecular weight is 321 g/mol. The van der Waals surface area contributed by atoms with E-state index in [-0.39, 0.29) is 5.69 Å². The van der Waals surface area contributed by atoms with Gasteiger partial charge in [0.25, 0.3) is 0 Å². The Morgan fingerprint density at radius 1 is 1.38 bits per heavy atom. The number of amides is 1. The third kappa shape index (κ3) is 3.81. The highest BCUT2D eigenvalue weighted by Crippen LogP contribution is 2.33. The Labute approximate surface area is 126 Å². The quantitative estimate of drug-likeness (QED) is 0.885. The van der Waals surface area contributed by atoms with Crippen LogP contribution in [0.1, 0.15) is 26.2 Å². The van der Waals surface area contributed by atoms with E-state index in [1.165, 1.54) is 12.1 Å². The molecule has 1 fully saturated rings. The van der Waals surface area contributed by atoms with Gasteiger partial charge in [-0.3, -0.25) is 4.79 Å². The topological polar surface area (TPSA) is 32.3 Å². The molecule has 1 aliphatic heterocycles. The minimum Gasteiger partial charge on any atom is -0.368 e. The highest BCUT2D eigenvalue weighted by atomic mass is 35.5.